The fraction of sp³-hybridized carbons (Fsp3) is 0.609. The van der Waals surface area contributed by atoms with Crippen LogP contribution in [-0.2, 0) is 27.3 Å². The Hall–Kier alpha value is -2.81. The third-order valence-electron chi connectivity index (χ3n) is 5.20. The summed E-state index contributed by atoms with van der Waals surface area (Å²) in [7, 11) is 0. The van der Waals surface area contributed by atoms with Crippen molar-refractivity contribution in [2.45, 2.75) is 69.8 Å². The van der Waals surface area contributed by atoms with Crippen molar-refractivity contribution < 1.29 is 54.9 Å². The molecule has 13 nitrogen and oxygen atoms in total. The number of fused-ring (bicyclic) bond motifs is 1. The molecule has 0 aromatic heterocycles. The number of rotatable bonds is 11. The monoisotopic (exact) mass is 516 g/mol. The summed E-state index contributed by atoms with van der Waals surface area (Å²) >= 11 is 0. The number of benzene rings is 1. The number of carbonyl (C=O) groups is 3. The number of β-amino-alcohol motifs (C(OH)–C–C–N with tert-alkyl or cyclic N) is 1. The predicted molar refractivity (Wildman–Crippen MR) is 125 cm³/mol. The van der Waals surface area contributed by atoms with Gasteiger partial charge >= 0.3 is 11.9 Å². The Morgan fingerprint density at radius 3 is 2.08 bits per heavy atom. The van der Waals surface area contributed by atoms with E-state index in [9.17, 15) is 19.5 Å². The number of nitrogens with zero attached hydrogens (tertiary/aromatic N) is 1. The maximum atomic E-state index is 10.9. The Kier molecular flexibility index (Phi) is 12.2. The van der Waals surface area contributed by atoms with Gasteiger partial charge in [-0.15, -0.1) is 0 Å². The predicted octanol–water partition coefficient (Wildman–Crippen LogP) is -2.07. The lowest BCUT2D eigenvalue weighted by atomic mass is 9.99. The summed E-state index contributed by atoms with van der Waals surface area (Å²) in [5.74, 6) is -2.86. The third kappa shape index (κ3) is 10.0. The van der Waals surface area contributed by atoms with E-state index in [-0.39, 0.29) is 12.1 Å². The number of aliphatic carboxylic acids is 2. The first-order chi connectivity index (χ1) is 16.7. The number of carbonyl (C=O) groups excluding carboxylic acids is 1. The van der Waals surface area contributed by atoms with E-state index in [2.05, 4.69) is 26.1 Å². The molecule has 1 aliphatic rings. The van der Waals surface area contributed by atoms with Crippen molar-refractivity contribution in [1.29, 1.82) is 0 Å². The molecule has 2 rings (SSSR count). The van der Waals surface area contributed by atoms with Crippen molar-refractivity contribution in [3.8, 4) is 5.75 Å². The van der Waals surface area contributed by atoms with Crippen LogP contribution in [0.4, 0.5) is 0 Å². The van der Waals surface area contributed by atoms with E-state index in [4.69, 9.17) is 35.4 Å². The van der Waals surface area contributed by atoms with Crippen molar-refractivity contribution >= 4 is 18.3 Å². The second-order valence-corrected chi connectivity index (χ2v) is 9.36. The fourth-order valence-corrected chi connectivity index (χ4v) is 3.16. The summed E-state index contributed by atoms with van der Waals surface area (Å²) in [5, 5.41) is 64.7. The van der Waals surface area contributed by atoms with Gasteiger partial charge < -0.3 is 50.7 Å². The second-order valence-electron chi connectivity index (χ2n) is 9.36. The number of hydrogen-bond acceptors (Lipinski definition) is 10. The largest absolute Gasteiger partial charge is 0.491 e. The van der Waals surface area contributed by atoms with Crippen LogP contribution in [0.1, 0.15) is 31.9 Å². The maximum Gasteiger partial charge on any atom is 0.335 e. The van der Waals surface area contributed by atoms with Crippen LogP contribution in [0.5, 0.6) is 5.75 Å². The van der Waals surface area contributed by atoms with E-state index in [1.807, 2.05) is 18.2 Å². The number of aliphatic hydroxyl groups is 5. The zero-order valence-corrected chi connectivity index (χ0v) is 20.4. The van der Waals surface area contributed by atoms with Gasteiger partial charge in [0.2, 0.25) is 6.41 Å². The normalized spacial score (nSPS) is 17.4. The lowest BCUT2D eigenvalue weighted by Crippen LogP contribution is -2.49. The van der Waals surface area contributed by atoms with Gasteiger partial charge in [-0.3, -0.25) is 4.79 Å². The molecule has 13 heteroatoms. The van der Waals surface area contributed by atoms with Crippen molar-refractivity contribution in [3.05, 3.63) is 29.3 Å². The van der Waals surface area contributed by atoms with E-state index in [0.29, 0.717) is 19.6 Å². The molecule has 0 aliphatic carbocycles. The van der Waals surface area contributed by atoms with Gasteiger partial charge in [0.15, 0.2) is 12.2 Å². The first kappa shape index (κ1) is 31.2. The lowest BCUT2D eigenvalue weighted by molar-refractivity contribution is -0.172. The van der Waals surface area contributed by atoms with Crippen LogP contribution in [0.2, 0.25) is 0 Å². The summed E-state index contributed by atoms with van der Waals surface area (Å²) in [6.45, 7) is 8.29. The molecule has 5 atom stereocenters. The molecule has 0 radical (unpaired) electrons. The minimum absolute atomic E-state index is 0.0226. The average Bonchev–Trinajstić information content (AvgIpc) is 2.83. The van der Waals surface area contributed by atoms with Crippen molar-refractivity contribution in [2.75, 3.05) is 19.7 Å². The quantitative estimate of drug-likeness (QED) is 0.149. The number of carboxylic acid groups (broad SMARTS) is 2. The average molecular weight is 517 g/mol. The van der Waals surface area contributed by atoms with E-state index in [0.717, 1.165) is 29.7 Å². The number of ether oxygens (including phenoxy) is 1. The van der Waals surface area contributed by atoms with Gasteiger partial charge in [0.1, 0.15) is 30.7 Å². The molecule has 0 fully saturated rings. The van der Waals surface area contributed by atoms with E-state index in [1.165, 1.54) is 0 Å². The molecule has 1 heterocycles. The summed E-state index contributed by atoms with van der Waals surface area (Å²) in [6.07, 6.45) is -8.15. The molecule has 1 amide bonds. The molecule has 204 valence electrons. The number of amides is 1. The minimum atomic E-state index is -2.36. The molecule has 1 aromatic rings. The van der Waals surface area contributed by atoms with Crippen molar-refractivity contribution in [3.63, 3.8) is 0 Å². The maximum absolute atomic E-state index is 10.9. The van der Waals surface area contributed by atoms with E-state index in [1.54, 1.807) is 4.90 Å². The fourth-order valence-electron chi connectivity index (χ4n) is 3.16. The molecule has 1 aromatic carbocycles. The minimum Gasteiger partial charge on any atom is -0.491 e. The molecule has 8 N–H and O–H groups in total. The smallest absolute Gasteiger partial charge is 0.335 e. The Labute approximate surface area is 208 Å². The number of nitrogens with one attached hydrogen (secondary N) is 1. The summed E-state index contributed by atoms with van der Waals surface area (Å²) in [5.41, 5.74) is 2.25. The second kappa shape index (κ2) is 14.1. The molecule has 5 unspecified atom stereocenters. The van der Waals surface area contributed by atoms with Gasteiger partial charge in [-0.05, 0) is 38.8 Å². The highest BCUT2D eigenvalue weighted by atomic mass is 16.5. The van der Waals surface area contributed by atoms with Crippen LogP contribution >= 0.6 is 0 Å². The Morgan fingerprint density at radius 2 is 1.61 bits per heavy atom. The Morgan fingerprint density at radius 1 is 1.06 bits per heavy atom. The molecule has 0 spiro atoms. The standard InChI is InChI=1S/C17H26N2O3.C6H10O8/c1-17(2,3)18-9-14(21)11-22-16-6-4-5-13-10-19(12-20)8-7-15(13)16;7-1(3(9)5(11)12)2(8)4(10)6(13)14/h4-6,12,14,18,21H,7-11H2,1-3H3;1-4,7-10H,(H,11,12)(H,13,14). The zero-order valence-electron chi connectivity index (χ0n) is 20.4. The van der Waals surface area contributed by atoms with Gasteiger partial charge in [0.05, 0.1) is 0 Å². The number of hydrogen-bond donors (Lipinski definition) is 8. The van der Waals surface area contributed by atoms with Crippen LogP contribution in [0.3, 0.4) is 0 Å². The van der Waals surface area contributed by atoms with Gasteiger partial charge in [0.25, 0.3) is 0 Å². The Balaban J connectivity index is 0.000000402. The molecular weight excluding hydrogens is 480 g/mol. The SMILES string of the molecule is CC(C)(C)NCC(O)COc1cccc2c1CCN(C=O)C2.O=C(O)C(O)C(O)C(O)C(O)C(=O)O. The van der Waals surface area contributed by atoms with Gasteiger partial charge in [-0.2, -0.15) is 0 Å². The first-order valence-corrected chi connectivity index (χ1v) is 11.2. The topological polar surface area (TPSA) is 217 Å². The van der Waals surface area contributed by atoms with Crippen LogP contribution in [0.25, 0.3) is 0 Å². The summed E-state index contributed by atoms with van der Waals surface area (Å²) < 4.78 is 5.80. The molecule has 0 bridgehead atoms. The van der Waals surface area contributed by atoms with Gasteiger partial charge in [-0.1, -0.05) is 12.1 Å². The molecule has 0 saturated heterocycles. The molecule has 0 saturated carbocycles. The highest BCUT2D eigenvalue weighted by Crippen LogP contribution is 2.27. The summed E-state index contributed by atoms with van der Waals surface area (Å²) in [4.78, 5) is 32.8. The number of aliphatic hydroxyl groups excluding tert-OH is 5. The van der Waals surface area contributed by atoms with Crippen molar-refractivity contribution in [2.24, 2.45) is 0 Å². The highest BCUT2D eigenvalue weighted by Gasteiger charge is 2.37. The molecule has 1 aliphatic heterocycles. The summed E-state index contributed by atoms with van der Waals surface area (Å²) in [6, 6.07) is 5.89. The molecular formula is C23H36N2O11. The van der Waals surface area contributed by atoms with Gasteiger partial charge in [-0.25, -0.2) is 9.59 Å². The van der Waals surface area contributed by atoms with Gasteiger partial charge in [0, 0.05) is 30.7 Å². The zero-order chi connectivity index (χ0) is 27.6. The van der Waals surface area contributed by atoms with E-state index < -0.39 is 42.5 Å². The van der Waals surface area contributed by atoms with Crippen LogP contribution in [0, 0.1) is 0 Å². The van der Waals surface area contributed by atoms with Crippen molar-refractivity contribution in [1.82, 2.24) is 10.2 Å². The van der Waals surface area contributed by atoms with Crippen LogP contribution in [0.15, 0.2) is 18.2 Å². The van der Waals surface area contributed by atoms with Crippen LogP contribution in [-0.4, -0.2) is 115 Å². The molecule has 36 heavy (non-hydrogen) atoms. The Bertz CT molecular complexity index is 850. The first-order valence-electron chi connectivity index (χ1n) is 11.2. The van der Waals surface area contributed by atoms with E-state index >= 15 is 0 Å². The lowest BCUT2D eigenvalue weighted by Gasteiger charge is -2.27. The highest BCUT2D eigenvalue weighted by molar-refractivity contribution is 5.75. The third-order valence-corrected chi connectivity index (χ3v) is 5.20. The van der Waals surface area contributed by atoms with Crippen LogP contribution < -0.4 is 10.1 Å². The number of carboxylic acids is 2.